The van der Waals surface area contributed by atoms with Crippen molar-refractivity contribution in [3.8, 4) is 0 Å². The van der Waals surface area contributed by atoms with Crippen LogP contribution in [0.3, 0.4) is 0 Å². The van der Waals surface area contributed by atoms with Crippen molar-refractivity contribution in [2.24, 2.45) is 0 Å². The van der Waals surface area contributed by atoms with Gasteiger partial charge in [0.25, 0.3) is 5.91 Å². The first-order valence-electron chi connectivity index (χ1n) is 7.36. The normalized spacial score (nSPS) is 18.7. The van der Waals surface area contributed by atoms with Gasteiger partial charge in [0, 0.05) is 12.6 Å². The van der Waals surface area contributed by atoms with Gasteiger partial charge < -0.3 is 14.2 Å². The summed E-state index contributed by atoms with van der Waals surface area (Å²) in [6.07, 6.45) is -5.32. The second-order valence-electron chi connectivity index (χ2n) is 5.52. The second kappa shape index (κ2) is 6.27. The standard InChI is InChI=1S/C16H15F3N2O3/c1-10-8-13(20-24-10)15(22)21-6-7-23-14(9-21)11-4-2-3-5-12(11)16(17,18)19/h2-5,8,14H,6-7,9H2,1H3/t14-/m0/s1. The average Bonchev–Trinajstić information content (AvgIpc) is 3.00. The van der Waals surface area contributed by atoms with Gasteiger partial charge in [-0.15, -0.1) is 0 Å². The van der Waals surface area contributed by atoms with Crippen LogP contribution in [0.1, 0.15) is 33.5 Å². The number of carbonyl (C=O) groups excluding carboxylic acids is 1. The van der Waals surface area contributed by atoms with Gasteiger partial charge >= 0.3 is 6.18 Å². The van der Waals surface area contributed by atoms with E-state index in [1.165, 1.54) is 29.2 Å². The van der Waals surface area contributed by atoms with Crippen LogP contribution in [-0.4, -0.2) is 35.7 Å². The van der Waals surface area contributed by atoms with Gasteiger partial charge in [0.1, 0.15) is 11.9 Å². The Balaban J connectivity index is 1.83. The first-order valence-corrected chi connectivity index (χ1v) is 7.36. The minimum Gasteiger partial charge on any atom is -0.370 e. The molecule has 1 aliphatic rings. The number of aromatic nitrogens is 1. The van der Waals surface area contributed by atoms with Crippen LogP contribution in [0.5, 0.6) is 0 Å². The SMILES string of the molecule is Cc1cc(C(=O)N2CCO[C@H](c3ccccc3C(F)(F)F)C2)no1. The highest BCUT2D eigenvalue weighted by atomic mass is 19.4. The Hall–Kier alpha value is -2.35. The zero-order valence-electron chi connectivity index (χ0n) is 12.8. The molecule has 0 unspecified atom stereocenters. The first kappa shape index (κ1) is 16.5. The Labute approximate surface area is 136 Å². The highest BCUT2D eigenvalue weighted by Crippen LogP contribution is 2.36. The van der Waals surface area contributed by atoms with E-state index >= 15 is 0 Å². The van der Waals surface area contributed by atoms with E-state index in [1.807, 2.05) is 0 Å². The molecule has 1 atom stereocenters. The fraction of sp³-hybridized carbons (Fsp3) is 0.375. The highest BCUT2D eigenvalue weighted by molar-refractivity contribution is 5.92. The van der Waals surface area contributed by atoms with Gasteiger partial charge in [-0.05, 0) is 18.6 Å². The smallest absolute Gasteiger partial charge is 0.370 e. The Kier molecular flexibility index (Phi) is 4.31. The van der Waals surface area contributed by atoms with Crippen molar-refractivity contribution in [3.05, 3.63) is 52.9 Å². The summed E-state index contributed by atoms with van der Waals surface area (Å²) in [5.74, 6) is 0.107. The summed E-state index contributed by atoms with van der Waals surface area (Å²) in [7, 11) is 0. The summed E-state index contributed by atoms with van der Waals surface area (Å²) >= 11 is 0. The second-order valence-corrected chi connectivity index (χ2v) is 5.52. The lowest BCUT2D eigenvalue weighted by molar-refractivity contribution is -0.140. The number of morpholine rings is 1. The number of rotatable bonds is 2. The van der Waals surface area contributed by atoms with Crippen molar-refractivity contribution in [2.75, 3.05) is 19.7 Å². The minimum absolute atomic E-state index is 0.0256. The van der Waals surface area contributed by atoms with E-state index in [4.69, 9.17) is 9.26 Å². The van der Waals surface area contributed by atoms with Crippen LogP contribution in [0.25, 0.3) is 0 Å². The van der Waals surface area contributed by atoms with Crippen molar-refractivity contribution in [1.29, 1.82) is 0 Å². The van der Waals surface area contributed by atoms with Crippen molar-refractivity contribution >= 4 is 5.91 Å². The lowest BCUT2D eigenvalue weighted by Crippen LogP contribution is -2.42. The first-order chi connectivity index (χ1) is 11.4. The van der Waals surface area contributed by atoms with E-state index in [0.29, 0.717) is 5.76 Å². The van der Waals surface area contributed by atoms with Crippen LogP contribution in [0.15, 0.2) is 34.9 Å². The van der Waals surface area contributed by atoms with E-state index in [0.717, 1.165) is 6.07 Å². The van der Waals surface area contributed by atoms with Crippen molar-refractivity contribution < 1.29 is 27.2 Å². The molecule has 1 fully saturated rings. The van der Waals surface area contributed by atoms with Crippen LogP contribution in [0.2, 0.25) is 0 Å². The lowest BCUT2D eigenvalue weighted by atomic mass is 10.0. The molecule has 0 aliphatic carbocycles. The highest BCUT2D eigenvalue weighted by Gasteiger charge is 2.37. The summed E-state index contributed by atoms with van der Waals surface area (Å²) in [5, 5.41) is 3.66. The molecule has 0 spiro atoms. The maximum Gasteiger partial charge on any atom is 0.416 e. The molecule has 0 bridgehead atoms. The van der Waals surface area contributed by atoms with Crippen molar-refractivity contribution in [3.63, 3.8) is 0 Å². The molecular formula is C16H15F3N2O3. The molecule has 8 heteroatoms. The predicted molar refractivity (Wildman–Crippen MR) is 77.3 cm³/mol. The van der Waals surface area contributed by atoms with E-state index in [-0.39, 0.29) is 36.9 Å². The molecule has 5 nitrogen and oxygen atoms in total. The number of hydrogen-bond acceptors (Lipinski definition) is 4. The Morgan fingerprint density at radius 2 is 2.08 bits per heavy atom. The number of carbonyl (C=O) groups is 1. The van der Waals surface area contributed by atoms with E-state index in [1.54, 1.807) is 6.92 Å². The number of nitrogens with zero attached hydrogens (tertiary/aromatic N) is 2. The number of ether oxygens (including phenoxy) is 1. The molecule has 1 amide bonds. The third-order valence-corrected chi connectivity index (χ3v) is 3.81. The number of benzene rings is 1. The van der Waals surface area contributed by atoms with Crippen LogP contribution >= 0.6 is 0 Å². The number of aryl methyl sites for hydroxylation is 1. The van der Waals surface area contributed by atoms with Crippen LogP contribution in [0.4, 0.5) is 13.2 Å². The molecule has 2 heterocycles. The number of alkyl halides is 3. The predicted octanol–water partition coefficient (Wildman–Crippen LogP) is 3.22. The number of amides is 1. The van der Waals surface area contributed by atoms with Gasteiger partial charge in [-0.25, -0.2) is 0 Å². The van der Waals surface area contributed by atoms with Gasteiger partial charge in [-0.1, -0.05) is 23.4 Å². The molecule has 1 aromatic heterocycles. The quantitative estimate of drug-likeness (QED) is 0.842. The van der Waals surface area contributed by atoms with Crippen molar-refractivity contribution in [1.82, 2.24) is 10.1 Å². The third kappa shape index (κ3) is 3.28. The van der Waals surface area contributed by atoms with Crippen LogP contribution in [-0.2, 0) is 10.9 Å². The Bertz CT molecular complexity index is 742. The van der Waals surface area contributed by atoms with Crippen LogP contribution in [0, 0.1) is 6.92 Å². The largest absolute Gasteiger partial charge is 0.416 e. The zero-order chi connectivity index (χ0) is 17.3. The fourth-order valence-corrected chi connectivity index (χ4v) is 2.69. The monoisotopic (exact) mass is 340 g/mol. The maximum atomic E-state index is 13.2. The van der Waals surface area contributed by atoms with Gasteiger partial charge in [-0.3, -0.25) is 4.79 Å². The summed E-state index contributed by atoms with van der Waals surface area (Å²) < 4.78 is 49.9. The molecule has 1 aromatic carbocycles. The van der Waals surface area contributed by atoms with Gasteiger partial charge in [-0.2, -0.15) is 13.2 Å². The van der Waals surface area contributed by atoms with E-state index < -0.39 is 17.8 Å². The minimum atomic E-state index is -4.48. The topological polar surface area (TPSA) is 55.6 Å². The molecule has 0 saturated carbocycles. The fourth-order valence-electron chi connectivity index (χ4n) is 2.69. The maximum absolute atomic E-state index is 13.2. The molecule has 2 aromatic rings. The summed E-state index contributed by atoms with van der Waals surface area (Å²) in [5.41, 5.74) is -0.585. The van der Waals surface area contributed by atoms with Gasteiger partial charge in [0.2, 0.25) is 0 Å². The molecule has 1 aliphatic heterocycles. The van der Waals surface area contributed by atoms with E-state index in [2.05, 4.69) is 5.16 Å². The Morgan fingerprint density at radius 3 is 2.75 bits per heavy atom. The molecule has 24 heavy (non-hydrogen) atoms. The average molecular weight is 340 g/mol. The van der Waals surface area contributed by atoms with Crippen molar-refractivity contribution in [2.45, 2.75) is 19.2 Å². The lowest BCUT2D eigenvalue weighted by Gasteiger charge is -2.33. The zero-order valence-corrected chi connectivity index (χ0v) is 12.8. The molecule has 128 valence electrons. The van der Waals surface area contributed by atoms with Gasteiger partial charge in [0.15, 0.2) is 5.69 Å². The molecule has 3 rings (SSSR count). The molecule has 0 N–H and O–H groups in total. The van der Waals surface area contributed by atoms with Gasteiger partial charge in [0.05, 0.1) is 18.7 Å². The number of hydrogen-bond donors (Lipinski definition) is 0. The Morgan fingerprint density at radius 1 is 1.33 bits per heavy atom. The third-order valence-electron chi connectivity index (χ3n) is 3.81. The number of halogens is 3. The summed E-state index contributed by atoms with van der Waals surface area (Å²) in [6, 6.07) is 6.74. The summed E-state index contributed by atoms with van der Waals surface area (Å²) in [6.45, 7) is 2.12. The summed E-state index contributed by atoms with van der Waals surface area (Å²) in [4.78, 5) is 13.8. The molecule has 1 saturated heterocycles. The van der Waals surface area contributed by atoms with E-state index in [9.17, 15) is 18.0 Å². The molecular weight excluding hydrogens is 325 g/mol. The molecule has 0 radical (unpaired) electrons. The van der Waals surface area contributed by atoms with Crippen LogP contribution < -0.4 is 0 Å².